The highest BCUT2D eigenvalue weighted by Gasteiger charge is 2.22. The molecule has 1 atom stereocenters. The molecular weight excluding hydrogens is 809 g/mol. The van der Waals surface area contributed by atoms with E-state index in [1.807, 2.05) is 0 Å². The van der Waals surface area contributed by atoms with Crippen molar-refractivity contribution in [3.63, 3.8) is 0 Å². The average molecular weight is 855 g/mol. The third-order valence-corrected chi connectivity index (χ3v) is 14.1. The van der Waals surface area contributed by atoms with E-state index in [0.717, 1.165) is 23.5 Å². The van der Waals surface area contributed by atoms with E-state index >= 15 is 0 Å². The Morgan fingerprint density at radius 1 is 0.388 bits per heavy atom. The maximum Gasteiger partial charge on any atom is 0.0546 e. The maximum atomic E-state index is 2.47. The quantitative estimate of drug-likeness (QED) is 0.145. The van der Waals surface area contributed by atoms with Gasteiger partial charge in [-0.25, -0.2) is 0 Å². The van der Waals surface area contributed by atoms with Gasteiger partial charge in [-0.2, -0.15) is 0 Å². The van der Waals surface area contributed by atoms with Gasteiger partial charge in [-0.05, 0) is 138 Å². The van der Waals surface area contributed by atoms with Gasteiger partial charge in [-0.15, -0.1) is 0 Å². The molecule has 11 aromatic carbocycles. The highest BCUT2D eigenvalue weighted by molar-refractivity contribution is 6.22. The lowest BCUT2D eigenvalue weighted by atomic mass is 9.85. The SMILES string of the molecule is CC1C=CC(n2c3ccccc3c3cc(-c4ccc(N(c5cccc(-c6c(-c7ccccc7)c7ccccc7c7ccccc67)c5)c5cc6ccccc6c6ccccc56)cc4)ccc32)=CC1. The summed E-state index contributed by atoms with van der Waals surface area (Å²) in [5, 5.41) is 12.5. The molecule has 0 saturated carbocycles. The molecule has 0 bridgehead atoms. The van der Waals surface area contributed by atoms with Gasteiger partial charge >= 0.3 is 0 Å². The lowest BCUT2D eigenvalue weighted by molar-refractivity contribution is 0.735. The summed E-state index contributed by atoms with van der Waals surface area (Å²) in [7, 11) is 0. The van der Waals surface area contributed by atoms with Crippen molar-refractivity contribution in [3.05, 3.63) is 243 Å². The standard InChI is InChI=1S/C65H46N2/c1-43-30-35-50(36-31-43)67-61-29-14-13-26-57(61)60-41-46(34-39-62(60)67)44-32-37-49(38-33-44)66(63-42-47-18-5-6-21-52(47)53-22-7-10-25-56(53)63)51-20-15-19-48(40-51)65-59-28-12-9-24-55(59)54-23-8-11-27-58(54)64(65)45-16-3-2-4-17-45/h2-30,32-43H,31H2,1H3. The molecule has 0 amide bonds. The summed E-state index contributed by atoms with van der Waals surface area (Å²) in [6.45, 7) is 2.28. The number of hydrogen-bond donors (Lipinski definition) is 0. The first-order valence-corrected chi connectivity index (χ1v) is 23.5. The van der Waals surface area contributed by atoms with Gasteiger partial charge in [-0.3, -0.25) is 0 Å². The van der Waals surface area contributed by atoms with Gasteiger partial charge in [0, 0.05) is 33.2 Å². The van der Waals surface area contributed by atoms with Crippen LogP contribution in [0.15, 0.2) is 243 Å². The Bertz CT molecular complexity index is 3960. The van der Waals surface area contributed by atoms with Gasteiger partial charge in [0.2, 0.25) is 0 Å². The third kappa shape index (κ3) is 6.48. The van der Waals surface area contributed by atoms with Crippen LogP contribution in [0.5, 0.6) is 0 Å². The number of nitrogens with zero attached hydrogens (tertiary/aromatic N) is 2. The zero-order chi connectivity index (χ0) is 44.4. The summed E-state index contributed by atoms with van der Waals surface area (Å²) < 4.78 is 2.43. The Kier molecular flexibility index (Phi) is 9.25. The van der Waals surface area contributed by atoms with Crippen molar-refractivity contribution in [1.82, 2.24) is 4.57 Å². The minimum absolute atomic E-state index is 0.559. The minimum atomic E-state index is 0.559. The van der Waals surface area contributed by atoms with Crippen molar-refractivity contribution >= 4 is 87.7 Å². The summed E-state index contributed by atoms with van der Waals surface area (Å²) in [6, 6.07) is 82.9. The van der Waals surface area contributed by atoms with Crippen LogP contribution in [-0.4, -0.2) is 4.57 Å². The number of rotatable bonds is 7. The van der Waals surface area contributed by atoms with Gasteiger partial charge in [0.25, 0.3) is 0 Å². The largest absolute Gasteiger partial charge is 0.310 e. The summed E-state index contributed by atoms with van der Waals surface area (Å²) >= 11 is 0. The zero-order valence-electron chi connectivity index (χ0n) is 37.3. The van der Waals surface area contributed by atoms with E-state index in [-0.39, 0.29) is 0 Å². The smallest absolute Gasteiger partial charge is 0.0546 e. The number of anilines is 3. The van der Waals surface area contributed by atoms with E-state index < -0.39 is 0 Å². The van der Waals surface area contributed by atoms with Crippen LogP contribution in [0.2, 0.25) is 0 Å². The molecule has 0 N–H and O–H groups in total. The molecule has 2 heteroatoms. The van der Waals surface area contributed by atoms with Gasteiger partial charge in [0.15, 0.2) is 0 Å². The van der Waals surface area contributed by atoms with Crippen molar-refractivity contribution in [2.45, 2.75) is 13.3 Å². The molecule has 1 aliphatic carbocycles. The first-order chi connectivity index (χ1) is 33.2. The van der Waals surface area contributed by atoms with Crippen LogP contribution in [-0.2, 0) is 0 Å². The predicted molar refractivity (Wildman–Crippen MR) is 288 cm³/mol. The Balaban J connectivity index is 1.00. The highest BCUT2D eigenvalue weighted by Crippen LogP contribution is 2.48. The van der Waals surface area contributed by atoms with Crippen molar-refractivity contribution < 1.29 is 0 Å². The van der Waals surface area contributed by atoms with Gasteiger partial charge in [-0.1, -0.05) is 195 Å². The van der Waals surface area contributed by atoms with Gasteiger partial charge < -0.3 is 9.47 Å². The molecule has 0 fully saturated rings. The fourth-order valence-electron chi connectivity index (χ4n) is 10.9. The van der Waals surface area contributed by atoms with E-state index in [1.165, 1.54) is 104 Å². The molecule has 0 spiro atoms. The first-order valence-electron chi connectivity index (χ1n) is 23.5. The van der Waals surface area contributed by atoms with Crippen LogP contribution in [0, 0.1) is 5.92 Å². The minimum Gasteiger partial charge on any atom is -0.310 e. The van der Waals surface area contributed by atoms with Crippen LogP contribution in [0.4, 0.5) is 17.1 Å². The van der Waals surface area contributed by atoms with Crippen molar-refractivity contribution in [2.24, 2.45) is 5.92 Å². The topological polar surface area (TPSA) is 8.17 Å². The lowest BCUT2D eigenvalue weighted by Crippen LogP contribution is -2.11. The molecule has 67 heavy (non-hydrogen) atoms. The number of benzene rings is 11. The van der Waals surface area contributed by atoms with Crippen LogP contribution in [0.1, 0.15) is 13.3 Å². The zero-order valence-corrected chi connectivity index (χ0v) is 37.3. The predicted octanol–water partition coefficient (Wildman–Crippen LogP) is 18.3. The molecule has 0 saturated heterocycles. The fourth-order valence-corrected chi connectivity index (χ4v) is 10.9. The second kappa shape index (κ2) is 15.9. The molecule has 1 aromatic heterocycles. The molecule has 2 nitrogen and oxygen atoms in total. The molecule has 1 aliphatic rings. The third-order valence-electron chi connectivity index (χ3n) is 14.1. The molecule has 1 heterocycles. The van der Waals surface area contributed by atoms with E-state index in [4.69, 9.17) is 0 Å². The Morgan fingerprint density at radius 3 is 1.67 bits per heavy atom. The van der Waals surface area contributed by atoms with E-state index in [2.05, 4.69) is 259 Å². The summed E-state index contributed by atoms with van der Waals surface area (Å²) in [5.74, 6) is 0.559. The number of fused-ring (bicyclic) bond motifs is 9. The second-order valence-corrected chi connectivity index (χ2v) is 18.1. The summed E-state index contributed by atoms with van der Waals surface area (Å²) in [5.41, 5.74) is 14.3. The van der Waals surface area contributed by atoms with E-state index in [0.29, 0.717) is 5.92 Å². The second-order valence-electron chi connectivity index (χ2n) is 18.1. The number of para-hydroxylation sites is 1. The van der Waals surface area contributed by atoms with Crippen molar-refractivity contribution in [3.8, 4) is 33.4 Å². The van der Waals surface area contributed by atoms with E-state index in [1.54, 1.807) is 0 Å². The van der Waals surface area contributed by atoms with Crippen molar-refractivity contribution in [1.29, 1.82) is 0 Å². The normalized spacial score (nSPS) is 13.9. The van der Waals surface area contributed by atoms with Crippen LogP contribution < -0.4 is 4.90 Å². The van der Waals surface area contributed by atoms with Gasteiger partial charge in [0.05, 0.1) is 16.7 Å². The molecule has 13 rings (SSSR count). The van der Waals surface area contributed by atoms with Gasteiger partial charge in [0.1, 0.15) is 0 Å². The maximum absolute atomic E-state index is 2.47. The monoisotopic (exact) mass is 854 g/mol. The van der Waals surface area contributed by atoms with Crippen molar-refractivity contribution in [2.75, 3.05) is 4.90 Å². The molecule has 0 aliphatic heterocycles. The number of aromatic nitrogens is 1. The van der Waals surface area contributed by atoms with Crippen LogP contribution in [0.25, 0.3) is 104 Å². The Morgan fingerprint density at radius 2 is 0.955 bits per heavy atom. The molecule has 1 unspecified atom stereocenters. The van der Waals surface area contributed by atoms with Crippen LogP contribution >= 0.6 is 0 Å². The lowest BCUT2D eigenvalue weighted by Gasteiger charge is -2.28. The van der Waals surface area contributed by atoms with E-state index in [9.17, 15) is 0 Å². The molecular formula is C65H46N2. The summed E-state index contributed by atoms with van der Waals surface area (Å²) in [4.78, 5) is 2.47. The summed E-state index contributed by atoms with van der Waals surface area (Å²) in [6.07, 6.45) is 8.06. The van der Waals surface area contributed by atoms with Crippen LogP contribution in [0.3, 0.4) is 0 Å². The first kappa shape index (κ1) is 39.0. The molecule has 316 valence electrons. The molecule has 0 radical (unpaired) electrons. The average Bonchev–Trinajstić information content (AvgIpc) is 3.73. The Hall–Kier alpha value is -8.46. The highest BCUT2D eigenvalue weighted by atomic mass is 15.1. The number of hydrogen-bond acceptors (Lipinski definition) is 1. The molecule has 12 aromatic rings. The Labute approximate surface area is 390 Å². The fraction of sp³-hybridized carbons (Fsp3) is 0.0462. The number of allylic oxidation sites excluding steroid dienone is 4.